The van der Waals surface area contributed by atoms with Gasteiger partial charge in [0.25, 0.3) is 10.2 Å². The molecule has 0 radical (unpaired) electrons. The molecule has 7 nitrogen and oxygen atoms in total. The number of benzene rings is 1. The summed E-state index contributed by atoms with van der Waals surface area (Å²) < 4.78 is 50.1. The van der Waals surface area contributed by atoms with Crippen LogP contribution >= 0.6 is 15.9 Å². The molecular formula is C10H14BrN3O4S2. The summed E-state index contributed by atoms with van der Waals surface area (Å²) in [4.78, 5) is 0.170. The van der Waals surface area contributed by atoms with E-state index >= 15 is 0 Å². The Morgan fingerprint density at radius 2 is 1.45 bits per heavy atom. The number of nitrogens with two attached hydrogens (primary N) is 1. The van der Waals surface area contributed by atoms with E-state index in [2.05, 4.69) is 15.9 Å². The van der Waals surface area contributed by atoms with Crippen molar-refractivity contribution in [3.8, 4) is 0 Å². The summed E-state index contributed by atoms with van der Waals surface area (Å²) in [7, 11) is -7.40. The van der Waals surface area contributed by atoms with Gasteiger partial charge in [-0.05, 0) is 28.1 Å². The SMILES string of the molecule is NS(=O)(=O)N1CCN(S(=O)(=O)c2ccccc2Br)CC1. The average Bonchev–Trinajstić information content (AvgIpc) is 2.38. The van der Waals surface area contributed by atoms with Gasteiger partial charge in [0.2, 0.25) is 10.0 Å². The summed E-state index contributed by atoms with van der Waals surface area (Å²) in [5.74, 6) is 0. The fraction of sp³-hybridized carbons (Fsp3) is 0.400. The van der Waals surface area contributed by atoms with Crippen molar-refractivity contribution < 1.29 is 16.8 Å². The van der Waals surface area contributed by atoms with Crippen LogP contribution < -0.4 is 5.14 Å². The lowest BCUT2D eigenvalue weighted by Gasteiger charge is -2.32. The molecule has 0 aromatic heterocycles. The van der Waals surface area contributed by atoms with Crippen LogP contribution in [-0.4, -0.2) is 51.6 Å². The Bertz CT molecular complexity index is 697. The molecule has 0 spiro atoms. The van der Waals surface area contributed by atoms with E-state index in [1.165, 1.54) is 10.4 Å². The normalized spacial score (nSPS) is 19.1. The molecule has 1 heterocycles. The van der Waals surface area contributed by atoms with Crippen molar-refractivity contribution in [1.29, 1.82) is 0 Å². The Kier molecular flexibility index (Phi) is 4.52. The zero-order valence-corrected chi connectivity index (χ0v) is 13.7. The van der Waals surface area contributed by atoms with E-state index < -0.39 is 20.2 Å². The van der Waals surface area contributed by atoms with Crippen LogP contribution in [0.3, 0.4) is 0 Å². The first-order valence-electron chi connectivity index (χ1n) is 5.75. The topological polar surface area (TPSA) is 101 Å². The van der Waals surface area contributed by atoms with Crippen molar-refractivity contribution in [2.75, 3.05) is 26.2 Å². The molecule has 1 aliphatic heterocycles. The minimum Gasteiger partial charge on any atom is -0.216 e. The number of sulfonamides is 1. The number of piperazine rings is 1. The van der Waals surface area contributed by atoms with E-state index in [-0.39, 0.29) is 31.1 Å². The van der Waals surface area contributed by atoms with E-state index in [0.29, 0.717) is 4.47 Å². The third-order valence-corrected chi connectivity index (χ3v) is 7.01. The predicted octanol–water partition coefficient (Wildman–Crippen LogP) is -0.0411. The van der Waals surface area contributed by atoms with Crippen LogP contribution in [0.2, 0.25) is 0 Å². The quantitative estimate of drug-likeness (QED) is 0.790. The molecule has 1 fully saturated rings. The summed E-state index contributed by atoms with van der Waals surface area (Å²) in [5.41, 5.74) is 0. The molecule has 2 rings (SSSR count). The van der Waals surface area contributed by atoms with E-state index in [1.54, 1.807) is 18.2 Å². The number of nitrogens with zero attached hydrogens (tertiary/aromatic N) is 2. The zero-order valence-electron chi connectivity index (χ0n) is 10.4. The lowest BCUT2D eigenvalue weighted by atomic mass is 10.4. The van der Waals surface area contributed by atoms with Gasteiger partial charge in [-0.15, -0.1) is 0 Å². The summed E-state index contributed by atoms with van der Waals surface area (Å²) >= 11 is 3.21. The van der Waals surface area contributed by atoms with Crippen LogP contribution in [0.25, 0.3) is 0 Å². The molecule has 0 bridgehead atoms. The fourth-order valence-electron chi connectivity index (χ4n) is 1.96. The van der Waals surface area contributed by atoms with E-state index in [0.717, 1.165) is 4.31 Å². The minimum atomic E-state index is -3.77. The molecule has 0 unspecified atom stereocenters. The highest BCUT2D eigenvalue weighted by molar-refractivity contribution is 9.10. The van der Waals surface area contributed by atoms with Crippen molar-refractivity contribution in [2.45, 2.75) is 4.90 Å². The van der Waals surface area contributed by atoms with Crippen molar-refractivity contribution in [2.24, 2.45) is 5.14 Å². The Morgan fingerprint density at radius 1 is 0.950 bits per heavy atom. The maximum atomic E-state index is 12.5. The summed E-state index contributed by atoms with van der Waals surface area (Å²) in [5, 5.41) is 5.02. The Labute approximate surface area is 126 Å². The summed E-state index contributed by atoms with van der Waals surface area (Å²) in [6.07, 6.45) is 0. The van der Waals surface area contributed by atoms with Crippen molar-refractivity contribution >= 4 is 36.2 Å². The molecule has 1 saturated heterocycles. The van der Waals surface area contributed by atoms with Gasteiger partial charge in [0.15, 0.2) is 0 Å². The van der Waals surface area contributed by atoms with Gasteiger partial charge < -0.3 is 0 Å². The molecule has 112 valence electrons. The van der Waals surface area contributed by atoms with Gasteiger partial charge in [0.05, 0.1) is 4.90 Å². The molecule has 1 aliphatic rings. The van der Waals surface area contributed by atoms with E-state index in [1.807, 2.05) is 0 Å². The highest BCUT2D eigenvalue weighted by Gasteiger charge is 2.32. The second-order valence-corrected chi connectivity index (χ2v) is 8.59. The van der Waals surface area contributed by atoms with Gasteiger partial charge in [-0.2, -0.15) is 17.0 Å². The van der Waals surface area contributed by atoms with Crippen LogP contribution in [-0.2, 0) is 20.2 Å². The van der Waals surface area contributed by atoms with Gasteiger partial charge >= 0.3 is 0 Å². The van der Waals surface area contributed by atoms with Gasteiger partial charge in [0, 0.05) is 30.7 Å². The minimum absolute atomic E-state index is 0.0581. The molecule has 0 saturated carbocycles. The van der Waals surface area contributed by atoms with Crippen molar-refractivity contribution in [1.82, 2.24) is 8.61 Å². The van der Waals surface area contributed by atoms with Gasteiger partial charge in [0.1, 0.15) is 0 Å². The van der Waals surface area contributed by atoms with Crippen molar-refractivity contribution in [3.63, 3.8) is 0 Å². The first-order chi connectivity index (χ1) is 9.23. The molecule has 2 N–H and O–H groups in total. The molecule has 1 aromatic carbocycles. The van der Waals surface area contributed by atoms with Gasteiger partial charge in [-0.1, -0.05) is 12.1 Å². The van der Waals surface area contributed by atoms with E-state index in [4.69, 9.17) is 5.14 Å². The van der Waals surface area contributed by atoms with Crippen LogP contribution in [0.4, 0.5) is 0 Å². The second-order valence-electron chi connectivity index (χ2n) is 4.28. The standard InChI is InChI=1S/C10H14BrN3O4S2/c11-9-3-1-2-4-10(9)19(15,16)13-5-7-14(8-6-13)20(12,17)18/h1-4H,5-8H2,(H2,12,17,18). The van der Waals surface area contributed by atoms with E-state index in [9.17, 15) is 16.8 Å². The van der Waals surface area contributed by atoms with Crippen LogP contribution in [0.1, 0.15) is 0 Å². The Balaban J connectivity index is 2.20. The first kappa shape index (κ1) is 15.9. The summed E-state index contributed by atoms with van der Waals surface area (Å²) in [6, 6.07) is 6.51. The monoisotopic (exact) mass is 383 g/mol. The van der Waals surface area contributed by atoms with Gasteiger partial charge in [-0.3, -0.25) is 0 Å². The maximum Gasteiger partial charge on any atom is 0.276 e. The number of hydrogen-bond acceptors (Lipinski definition) is 4. The Hall–Kier alpha value is -0.520. The third kappa shape index (κ3) is 3.21. The highest BCUT2D eigenvalue weighted by Crippen LogP contribution is 2.25. The smallest absolute Gasteiger partial charge is 0.216 e. The molecule has 20 heavy (non-hydrogen) atoms. The van der Waals surface area contributed by atoms with Crippen LogP contribution in [0, 0.1) is 0 Å². The van der Waals surface area contributed by atoms with Crippen molar-refractivity contribution in [3.05, 3.63) is 28.7 Å². The largest absolute Gasteiger partial charge is 0.276 e. The lowest BCUT2D eigenvalue weighted by Crippen LogP contribution is -2.52. The number of rotatable bonds is 3. The zero-order chi connectivity index (χ0) is 15.0. The average molecular weight is 384 g/mol. The first-order valence-corrected chi connectivity index (χ1v) is 9.49. The molecular weight excluding hydrogens is 370 g/mol. The van der Waals surface area contributed by atoms with Crippen LogP contribution in [0.15, 0.2) is 33.6 Å². The van der Waals surface area contributed by atoms with Crippen LogP contribution in [0.5, 0.6) is 0 Å². The fourth-order valence-corrected chi connectivity index (χ4v) is 5.02. The predicted molar refractivity (Wildman–Crippen MR) is 77.6 cm³/mol. The lowest BCUT2D eigenvalue weighted by molar-refractivity contribution is 0.273. The molecule has 0 atom stereocenters. The molecule has 10 heteroatoms. The molecule has 0 amide bonds. The summed E-state index contributed by atoms with van der Waals surface area (Å²) in [6.45, 7) is 0.283. The third-order valence-electron chi connectivity index (χ3n) is 3.01. The number of hydrogen-bond donors (Lipinski definition) is 1. The maximum absolute atomic E-state index is 12.5. The molecule has 0 aliphatic carbocycles. The molecule has 1 aromatic rings. The second kappa shape index (κ2) is 5.70. The highest BCUT2D eigenvalue weighted by atomic mass is 79.9. The number of halogens is 1. The Morgan fingerprint density at radius 3 is 1.95 bits per heavy atom. The van der Waals surface area contributed by atoms with Gasteiger partial charge in [-0.25, -0.2) is 13.6 Å².